The summed E-state index contributed by atoms with van der Waals surface area (Å²) in [7, 11) is 1.51. The Labute approximate surface area is 75.2 Å². The van der Waals surface area contributed by atoms with E-state index in [2.05, 4.69) is 5.32 Å². The normalized spacial score (nSPS) is 9.69. The van der Waals surface area contributed by atoms with Crippen molar-refractivity contribution in [2.24, 2.45) is 0 Å². The highest BCUT2D eigenvalue weighted by atomic mass is 19.1. The average molecular weight is 183 g/mol. The Hall–Kier alpha value is -1.58. The number of carbonyl (C=O) groups excluding carboxylic acids is 1. The van der Waals surface area contributed by atoms with E-state index in [-0.39, 0.29) is 12.3 Å². The molecule has 0 atom stereocenters. The highest BCUT2D eigenvalue weighted by Gasteiger charge is 2.04. The second kappa shape index (κ2) is 3.89. The fourth-order valence-corrected chi connectivity index (χ4v) is 0.934. The summed E-state index contributed by atoms with van der Waals surface area (Å²) in [5.41, 5.74) is 0.537. The Balaban J connectivity index is 2.79. The molecule has 13 heavy (non-hydrogen) atoms. The van der Waals surface area contributed by atoms with Gasteiger partial charge in [0.1, 0.15) is 0 Å². The molecule has 1 rings (SSSR count). The molecule has 0 fully saturated rings. The van der Waals surface area contributed by atoms with Crippen LogP contribution >= 0.6 is 0 Å². The van der Waals surface area contributed by atoms with Crippen LogP contribution in [0.15, 0.2) is 18.2 Å². The molecule has 1 aromatic rings. The maximum Gasteiger partial charge on any atom is 0.224 e. The molecule has 0 aliphatic carbocycles. The Bertz CT molecular complexity index is 325. The van der Waals surface area contributed by atoms with E-state index in [1.165, 1.54) is 19.2 Å². The van der Waals surface area contributed by atoms with E-state index in [9.17, 15) is 9.18 Å². The van der Waals surface area contributed by atoms with E-state index in [1.54, 1.807) is 0 Å². The number of halogens is 1. The lowest BCUT2D eigenvalue weighted by Gasteiger charge is -2.01. The smallest absolute Gasteiger partial charge is 0.224 e. The van der Waals surface area contributed by atoms with Gasteiger partial charge in [0.25, 0.3) is 0 Å². The van der Waals surface area contributed by atoms with E-state index >= 15 is 0 Å². The topological polar surface area (TPSA) is 49.3 Å². The van der Waals surface area contributed by atoms with Crippen LogP contribution in [0.25, 0.3) is 0 Å². The maximum absolute atomic E-state index is 12.8. The van der Waals surface area contributed by atoms with E-state index in [4.69, 9.17) is 5.11 Å². The van der Waals surface area contributed by atoms with Crippen molar-refractivity contribution in [3.8, 4) is 5.75 Å². The summed E-state index contributed by atoms with van der Waals surface area (Å²) < 4.78 is 12.8. The zero-order chi connectivity index (χ0) is 9.84. The van der Waals surface area contributed by atoms with Crippen LogP contribution < -0.4 is 5.32 Å². The van der Waals surface area contributed by atoms with Gasteiger partial charge in [0.2, 0.25) is 5.91 Å². The molecule has 2 N–H and O–H groups in total. The number of hydrogen-bond donors (Lipinski definition) is 2. The third-order valence-electron chi connectivity index (χ3n) is 1.66. The van der Waals surface area contributed by atoms with Crippen LogP contribution in [0.4, 0.5) is 4.39 Å². The van der Waals surface area contributed by atoms with Crippen LogP contribution in [0.5, 0.6) is 5.75 Å². The van der Waals surface area contributed by atoms with Crippen molar-refractivity contribution in [2.75, 3.05) is 7.05 Å². The molecule has 0 saturated carbocycles. The first-order valence-corrected chi connectivity index (χ1v) is 3.81. The van der Waals surface area contributed by atoms with Gasteiger partial charge in [0.15, 0.2) is 11.6 Å². The van der Waals surface area contributed by atoms with Crippen LogP contribution in [0.3, 0.4) is 0 Å². The fraction of sp³-hybridized carbons (Fsp3) is 0.222. The predicted octanol–water partition coefficient (Wildman–Crippen LogP) is 0.820. The quantitative estimate of drug-likeness (QED) is 0.713. The van der Waals surface area contributed by atoms with Crippen molar-refractivity contribution < 1.29 is 14.3 Å². The molecule has 0 saturated heterocycles. The van der Waals surface area contributed by atoms with Gasteiger partial charge < -0.3 is 10.4 Å². The molecule has 0 unspecified atom stereocenters. The summed E-state index contributed by atoms with van der Waals surface area (Å²) in [5.74, 6) is -1.30. The van der Waals surface area contributed by atoms with Crippen molar-refractivity contribution >= 4 is 5.91 Å². The SMILES string of the molecule is CNC(=O)Cc1ccc(O)c(F)c1. The largest absolute Gasteiger partial charge is 0.505 e. The average Bonchev–Trinajstić information content (AvgIpc) is 2.11. The molecule has 0 bridgehead atoms. The van der Waals surface area contributed by atoms with Crippen LogP contribution in [0.2, 0.25) is 0 Å². The fourth-order valence-electron chi connectivity index (χ4n) is 0.934. The van der Waals surface area contributed by atoms with Gasteiger partial charge in [-0.2, -0.15) is 0 Å². The van der Waals surface area contributed by atoms with E-state index in [1.807, 2.05) is 0 Å². The van der Waals surface area contributed by atoms with Gasteiger partial charge in [0.05, 0.1) is 6.42 Å². The van der Waals surface area contributed by atoms with E-state index in [0.29, 0.717) is 5.56 Å². The van der Waals surface area contributed by atoms with E-state index < -0.39 is 11.6 Å². The van der Waals surface area contributed by atoms with Crippen molar-refractivity contribution in [1.82, 2.24) is 5.32 Å². The monoisotopic (exact) mass is 183 g/mol. The predicted molar refractivity (Wildman–Crippen MR) is 45.8 cm³/mol. The number of phenols is 1. The zero-order valence-electron chi connectivity index (χ0n) is 7.17. The summed E-state index contributed by atoms with van der Waals surface area (Å²) in [6.45, 7) is 0. The molecule has 0 aliphatic rings. The molecule has 0 heterocycles. The van der Waals surface area contributed by atoms with Gasteiger partial charge in [-0.3, -0.25) is 4.79 Å². The van der Waals surface area contributed by atoms with Crippen LogP contribution in [0.1, 0.15) is 5.56 Å². The number of likely N-dealkylation sites (N-methyl/N-ethyl adjacent to an activating group) is 1. The summed E-state index contributed by atoms with van der Waals surface area (Å²) >= 11 is 0. The van der Waals surface area contributed by atoms with Crippen LogP contribution in [0, 0.1) is 5.82 Å². The molecule has 0 aromatic heterocycles. The standard InChI is InChI=1S/C9H10FNO2/c1-11-9(13)5-6-2-3-8(12)7(10)4-6/h2-4,12H,5H2,1H3,(H,11,13). The number of rotatable bonds is 2. The number of amides is 1. The maximum atomic E-state index is 12.8. The van der Waals surface area contributed by atoms with Crippen LogP contribution in [-0.2, 0) is 11.2 Å². The Kier molecular flexibility index (Phi) is 2.84. The van der Waals surface area contributed by atoms with Crippen molar-refractivity contribution in [3.05, 3.63) is 29.6 Å². The number of hydrogen-bond acceptors (Lipinski definition) is 2. The summed E-state index contributed by atoms with van der Waals surface area (Å²) in [4.78, 5) is 10.9. The van der Waals surface area contributed by atoms with Gasteiger partial charge in [0, 0.05) is 7.05 Å². The molecule has 1 aromatic carbocycles. The summed E-state index contributed by atoms with van der Waals surface area (Å²) in [6.07, 6.45) is 0.119. The second-order valence-electron chi connectivity index (χ2n) is 2.64. The number of aromatic hydroxyl groups is 1. The number of nitrogens with one attached hydrogen (secondary N) is 1. The first kappa shape index (κ1) is 9.51. The molecule has 0 aliphatic heterocycles. The van der Waals surface area contributed by atoms with Gasteiger partial charge in [-0.25, -0.2) is 4.39 Å². The number of carbonyl (C=O) groups is 1. The molecule has 1 amide bonds. The third-order valence-corrected chi connectivity index (χ3v) is 1.66. The minimum Gasteiger partial charge on any atom is -0.505 e. The summed E-state index contributed by atoms with van der Waals surface area (Å²) in [6, 6.07) is 3.88. The Morgan fingerprint density at radius 3 is 2.85 bits per heavy atom. The molecule has 4 heteroatoms. The first-order valence-electron chi connectivity index (χ1n) is 3.81. The van der Waals surface area contributed by atoms with Gasteiger partial charge >= 0.3 is 0 Å². The van der Waals surface area contributed by atoms with E-state index in [0.717, 1.165) is 6.07 Å². The molecule has 3 nitrogen and oxygen atoms in total. The second-order valence-corrected chi connectivity index (χ2v) is 2.64. The minimum atomic E-state index is -0.707. The Morgan fingerprint density at radius 1 is 1.62 bits per heavy atom. The first-order chi connectivity index (χ1) is 6.13. The van der Waals surface area contributed by atoms with Crippen molar-refractivity contribution in [1.29, 1.82) is 0 Å². The zero-order valence-corrected chi connectivity index (χ0v) is 7.17. The lowest BCUT2D eigenvalue weighted by atomic mass is 10.1. The molecule has 0 radical (unpaired) electrons. The highest BCUT2D eigenvalue weighted by Crippen LogP contribution is 2.16. The highest BCUT2D eigenvalue weighted by molar-refractivity contribution is 5.78. The van der Waals surface area contributed by atoms with Crippen molar-refractivity contribution in [2.45, 2.75) is 6.42 Å². The molecule has 70 valence electrons. The lowest BCUT2D eigenvalue weighted by Crippen LogP contribution is -2.19. The molecular weight excluding hydrogens is 173 g/mol. The van der Waals surface area contributed by atoms with Gasteiger partial charge in [-0.15, -0.1) is 0 Å². The summed E-state index contributed by atoms with van der Waals surface area (Å²) in [5, 5.41) is 11.3. The lowest BCUT2D eigenvalue weighted by molar-refractivity contribution is -0.119. The van der Waals surface area contributed by atoms with Gasteiger partial charge in [-0.05, 0) is 17.7 Å². The molecule has 0 spiro atoms. The minimum absolute atomic E-state index is 0.119. The number of benzene rings is 1. The third kappa shape index (κ3) is 2.43. The Morgan fingerprint density at radius 2 is 2.31 bits per heavy atom. The van der Waals surface area contributed by atoms with Crippen molar-refractivity contribution in [3.63, 3.8) is 0 Å². The van der Waals surface area contributed by atoms with Gasteiger partial charge in [-0.1, -0.05) is 6.07 Å². The number of phenolic OH excluding ortho intramolecular Hbond substituents is 1. The molecular formula is C9H10FNO2. The van der Waals surface area contributed by atoms with Crippen LogP contribution in [-0.4, -0.2) is 18.1 Å².